The Kier molecular flexibility index (Phi) is 7.98. The van der Waals surface area contributed by atoms with Crippen molar-refractivity contribution < 1.29 is 19.1 Å². The molecule has 0 saturated heterocycles. The highest BCUT2D eigenvalue weighted by molar-refractivity contribution is 7.09. The van der Waals surface area contributed by atoms with Gasteiger partial charge in [0.25, 0.3) is 5.91 Å². The van der Waals surface area contributed by atoms with Crippen molar-refractivity contribution in [2.24, 2.45) is 0 Å². The quantitative estimate of drug-likeness (QED) is 0.661. The van der Waals surface area contributed by atoms with E-state index in [4.69, 9.17) is 9.47 Å². The topological polar surface area (TPSA) is 64.6 Å². The van der Waals surface area contributed by atoms with Gasteiger partial charge in [0.05, 0.1) is 7.11 Å². The second-order valence-corrected chi connectivity index (χ2v) is 6.54. The van der Waals surface area contributed by atoms with Gasteiger partial charge in [-0.3, -0.25) is 9.59 Å². The van der Waals surface area contributed by atoms with E-state index in [2.05, 4.69) is 5.32 Å². The van der Waals surface area contributed by atoms with Gasteiger partial charge in [-0.15, -0.1) is 11.3 Å². The number of nitrogens with one attached hydrogen (secondary N) is 1. The lowest BCUT2D eigenvalue weighted by Crippen LogP contribution is -2.30. The van der Waals surface area contributed by atoms with Crippen molar-refractivity contribution in [2.75, 3.05) is 20.3 Å². The molecule has 0 bridgehead atoms. The summed E-state index contributed by atoms with van der Waals surface area (Å²) < 4.78 is 10.3. The van der Waals surface area contributed by atoms with Gasteiger partial charge in [-0.1, -0.05) is 24.3 Å². The van der Waals surface area contributed by atoms with Crippen LogP contribution in [0.15, 0.2) is 41.8 Å². The van der Waals surface area contributed by atoms with Gasteiger partial charge < -0.3 is 14.8 Å². The smallest absolute Gasteiger partial charge is 0.306 e. The molecule has 1 aromatic heterocycles. The molecule has 6 heteroatoms. The van der Waals surface area contributed by atoms with Crippen LogP contribution in [0.25, 0.3) is 0 Å². The van der Waals surface area contributed by atoms with E-state index < -0.39 is 0 Å². The number of para-hydroxylation sites is 1. The molecule has 0 aliphatic heterocycles. The highest BCUT2D eigenvalue weighted by Crippen LogP contribution is 2.17. The maximum Gasteiger partial charge on any atom is 0.306 e. The summed E-state index contributed by atoms with van der Waals surface area (Å²) in [5.74, 6) is 0.173. The van der Waals surface area contributed by atoms with Crippen LogP contribution in [0.3, 0.4) is 0 Å². The molecule has 1 heterocycles. The Morgan fingerprint density at radius 2 is 1.96 bits per heavy atom. The number of carbonyl (C=O) groups excluding carboxylic acids is 2. The largest absolute Gasteiger partial charge is 0.496 e. The highest BCUT2D eigenvalue weighted by atomic mass is 32.1. The zero-order chi connectivity index (χ0) is 17.9. The second kappa shape index (κ2) is 10.5. The van der Waals surface area contributed by atoms with Gasteiger partial charge in [-0.25, -0.2) is 0 Å². The Morgan fingerprint density at radius 3 is 2.72 bits per heavy atom. The summed E-state index contributed by atoms with van der Waals surface area (Å²) in [6, 6.07) is 11.7. The number of hydrogen-bond donors (Lipinski definition) is 1. The number of thiophene rings is 1. The molecule has 0 saturated carbocycles. The predicted molar refractivity (Wildman–Crippen MR) is 97.9 cm³/mol. The first kappa shape index (κ1) is 19.0. The summed E-state index contributed by atoms with van der Waals surface area (Å²) in [7, 11) is 1.62. The normalized spacial score (nSPS) is 10.3. The summed E-state index contributed by atoms with van der Waals surface area (Å²) in [5.41, 5.74) is 1.02. The molecule has 0 aliphatic rings. The van der Waals surface area contributed by atoms with Crippen molar-refractivity contribution in [1.82, 2.24) is 5.32 Å². The van der Waals surface area contributed by atoms with Crippen LogP contribution in [0, 0.1) is 0 Å². The zero-order valence-corrected chi connectivity index (χ0v) is 15.1. The lowest BCUT2D eigenvalue weighted by atomic mass is 10.1. The molecule has 5 nitrogen and oxygen atoms in total. The van der Waals surface area contributed by atoms with Gasteiger partial charge in [0.2, 0.25) is 0 Å². The summed E-state index contributed by atoms with van der Waals surface area (Å²) >= 11 is 1.68. The SMILES string of the molecule is COc1ccccc1CCNC(=O)COC(=O)CCCc1cccs1. The van der Waals surface area contributed by atoms with Crippen LogP contribution in [0.4, 0.5) is 0 Å². The maximum absolute atomic E-state index is 11.7. The van der Waals surface area contributed by atoms with Crippen LogP contribution in [0.2, 0.25) is 0 Å². The molecular weight excluding hydrogens is 338 g/mol. The minimum Gasteiger partial charge on any atom is -0.496 e. The Bertz CT molecular complexity index is 670. The monoisotopic (exact) mass is 361 g/mol. The number of hydrogen-bond acceptors (Lipinski definition) is 5. The number of methoxy groups -OCH3 is 1. The summed E-state index contributed by atoms with van der Waals surface area (Å²) in [5, 5.41) is 4.76. The molecule has 0 unspecified atom stereocenters. The number of ether oxygens (including phenoxy) is 2. The van der Waals surface area contributed by atoms with Crippen LogP contribution < -0.4 is 10.1 Å². The molecule has 1 aromatic carbocycles. The molecular formula is C19H23NO4S. The van der Waals surface area contributed by atoms with Gasteiger partial charge in [-0.2, -0.15) is 0 Å². The first-order valence-electron chi connectivity index (χ1n) is 8.25. The number of amides is 1. The van der Waals surface area contributed by atoms with Crippen molar-refractivity contribution in [3.8, 4) is 5.75 Å². The lowest BCUT2D eigenvalue weighted by Gasteiger charge is -2.09. The summed E-state index contributed by atoms with van der Waals surface area (Å²) in [6.45, 7) is 0.235. The van der Waals surface area contributed by atoms with E-state index in [-0.39, 0.29) is 18.5 Å². The summed E-state index contributed by atoms with van der Waals surface area (Å²) in [6.07, 6.45) is 2.57. The molecule has 1 N–H and O–H groups in total. The van der Waals surface area contributed by atoms with Gasteiger partial charge >= 0.3 is 5.97 Å². The standard InChI is InChI=1S/C19H23NO4S/c1-23-17-9-3-2-6-15(17)11-12-20-18(21)14-24-19(22)10-4-7-16-8-5-13-25-16/h2-3,5-6,8-9,13H,4,7,10-12,14H2,1H3,(H,20,21). The highest BCUT2D eigenvalue weighted by Gasteiger charge is 2.08. The minimum absolute atomic E-state index is 0.232. The third-order valence-corrected chi connectivity index (χ3v) is 4.59. The Morgan fingerprint density at radius 1 is 1.12 bits per heavy atom. The van der Waals surface area contributed by atoms with Crippen molar-refractivity contribution in [3.63, 3.8) is 0 Å². The number of aryl methyl sites for hydroxylation is 1. The fraction of sp³-hybridized carbons (Fsp3) is 0.368. The third kappa shape index (κ3) is 6.97. The fourth-order valence-corrected chi connectivity index (χ4v) is 3.13. The van der Waals surface area contributed by atoms with Gasteiger partial charge in [0, 0.05) is 17.8 Å². The fourth-order valence-electron chi connectivity index (χ4n) is 2.38. The Labute approximate surface area is 152 Å². The maximum atomic E-state index is 11.7. The van der Waals surface area contributed by atoms with Crippen molar-refractivity contribution in [3.05, 3.63) is 52.2 Å². The van der Waals surface area contributed by atoms with E-state index in [1.54, 1.807) is 18.4 Å². The molecule has 0 aliphatic carbocycles. The number of esters is 1. The van der Waals surface area contributed by atoms with Crippen LogP contribution >= 0.6 is 11.3 Å². The zero-order valence-electron chi connectivity index (χ0n) is 14.3. The third-order valence-electron chi connectivity index (χ3n) is 3.66. The first-order valence-corrected chi connectivity index (χ1v) is 9.13. The van der Waals surface area contributed by atoms with E-state index in [1.807, 2.05) is 41.8 Å². The summed E-state index contributed by atoms with van der Waals surface area (Å²) in [4.78, 5) is 24.6. The van der Waals surface area contributed by atoms with Crippen LogP contribution in [0.1, 0.15) is 23.3 Å². The van der Waals surface area contributed by atoms with E-state index in [1.165, 1.54) is 4.88 Å². The van der Waals surface area contributed by atoms with Crippen molar-refractivity contribution >= 4 is 23.2 Å². The average molecular weight is 361 g/mol. The van der Waals surface area contributed by atoms with Gasteiger partial charge in [-0.05, 0) is 42.3 Å². The van der Waals surface area contributed by atoms with Gasteiger partial charge in [0.15, 0.2) is 6.61 Å². The molecule has 1 amide bonds. The molecule has 134 valence electrons. The van der Waals surface area contributed by atoms with E-state index in [0.717, 1.165) is 24.2 Å². The van der Waals surface area contributed by atoms with Gasteiger partial charge in [0.1, 0.15) is 5.75 Å². The molecule has 0 fully saturated rings. The Hall–Kier alpha value is -2.34. The number of benzene rings is 1. The van der Waals surface area contributed by atoms with Crippen LogP contribution in [-0.4, -0.2) is 32.1 Å². The molecule has 2 rings (SSSR count). The van der Waals surface area contributed by atoms with Crippen molar-refractivity contribution in [2.45, 2.75) is 25.7 Å². The van der Waals surface area contributed by atoms with Crippen LogP contribution in [-0.2, 0) is 27.2 Å². The van der Waals surface area contributed by atoms with E-state index >= 15 is 0 Å². The molecule has 2 aromatic rings. The second-order valence-electron chi connectivity index (χ2n) is 5.51. The molecule has 0 atom stereocenters. The lowest BCUT2D eigenvalue weighted by molar-refractivity contribution is -0.148. The average Bonchev–Trinajstić information content (AvgIpc) is 3.14. The molecule has 25 heavy (non-hydrogen) atoms. The number of carbonyl (C=O) groups is 2. The first-order chi connectivity index (χ1) is 12.2. The number of rotatable bonds is 10. The van der Waals surface area contributed by atoms with Crippen LogP contribution in [0.5, 0.6) is 5.75 Å². The Balaban J connectivity index is 1.58. The predicted octanol–water partition coefficient (Wildman–Crippen LogP) is 2.98. The molecule has 0 spiro atoms. The minimum atomic E-state index is -0.337. The van der Waals surface area contributed by atoms with Crippen molar-refractivity contribution in [1.29, 1.82) is 0 Å². The van der Waals surface area contributed by atoms with E-state index in [9.17, 15) is 9.59 Å². The molecule has 0 radical (unpaired) electrons. The van der Waals surface area contributed by atoms with E-state index in [0.29, 0.717) is 19.4 Å².